The van der Waals surface area contributed by atoms with E-state index in [0.29, 0.717) is 29.2 Å². The van der Waals surface area contributed by atoms with E-state index in [2.05, 4.69) is 10.3 Å². The molecule has 2 aromatic heterocycles. The molecule has 178 valence electrons. The number of carbonyl (C=O) groups excluding carboxylic acids is 3. The molecule has 1 aromatic carbocycles. The summed E-state index contributed by atoms with van der Waals surface area (Å²) in [5, 5.41) is 7.56. The van der Waals surface area contributed by atoms with E-state index in [9.17, 15) is 14.4 Å². The number of nitrogens with zero attached hydrogens (tertiary/aromatic N) is 2. The van der Waals surface area contributed by atoms with Gasteiger partial charge in [0.25, 0.3) is 11.8 Å². The van der Waals surface area contributed by atoms with E-state index in [1.165, 1.54) is 16.2 Å². The van der Waals surface area contributed by atoms with E-state index in [1.54, 1.807) is 35.6 Å². The minimum atomic E-state index is -0.164. The number of thiazole rings is 1. The van der Waals surface area contributed by atoms with Crippen LogP contribution in [0.2, 0.25) is 0 Å². The Balaban J connectivity index is 1.01. The van der Waals surface area contributed by atoms with Gasteiger partial charge in [0.15, 0.2) is 5.13 Å². The van der Waals surface area contributed by atoms with Gasteiger partial charge < -0.3 is 5.32 Å². The fraction of sp³-hybridized carbons (Fsp3) is 0.385. The first-order valence-electron chi connectivity index (χ1n) is 11.9. The van der Waals surface area contributed by atoms with Crippen molar-refractivity contribution in [2.75, 3.05) is 11.9 Å². The van der Waals surface area contributed by atoms with Crippen LogP contribution in [0.15, 0.2) is 47.2 Å². The molecule has 1 aliphatic heterocycles. The molecular weight excluding hydrogens is 466 g/mol. The Morgan fingerprint density at radius 3 is 2.12 bits per heavy atom. The highest BCUT2D eigenvalue weighted by Gasteiger charge is 2.34. The molecule has 3 amide bonds. The summed E-state index contributed by atoms with van der Waals surface area (Å²) in [6, 6.07) is 11.1. The number of imide groups is 1. The number of anilines is 1. The van der Waals surface area contributed by atoms with E-state index in [0.717, 1.165) is 61.9 Å². The smallest absolute Gasteiger partial charge is 0.261 e. The van der Waals surface area contributed by atoms with Crippen LogP contribution >= 0.6 is 22.7 Å². The maximum absolute atomic E-state index is 12.3. The summed E-state index contributed by atoms with van der Waals surface area (Å²) in [6.07, 6.45) is 8.80. The minimum absolute atomic E-state index is 0.0280. The maximum atomic E-state index is 12.3. The molecule has 0 saturated carbocycles. The number of rotatable bonds is 13. The van der Waals surface area contributed by atoms with Crippen molar-refractivity contribution in [3.05, 3.63) is 58.3 Å². The third-order valence-electron chi connectivity index (χ3n) is 5.94. The number of carbonyl (C=O) groups is 3. The van der Waals surface area contributed by atoms with Crippen LogP contribution in [0.3, 0.4) is 0 Å². The van der Waals surface area contributed by atoms with Gasteiger partial charge in [0, 0.05) is 18.3 Å². The lowest BCUT2D eigenvalue weighted by Gasteiger charge is -2.13. The Labute approximate surface area is 208 Å². The average Bonchev–Trinajstić information content (AvgIpc) is 3.58. The Hall–Kier alpha value is -2.84. The van der Waals surface area contributed by atoms with E-state index in [4.69, 9.17) is 0 Å². The molecule has 1 N–H and O–H groups in total. The Bertz CT molecular complexity index is 1090. The lowest BCUT2D eigenvalue weighted by molar-refractivity contribution is -0.116. The second-order valence-electron chi connectivity index (χ2n) is 8.45. The molecule has 6 nitrogen and oxygen atoms in total. The number of hydrogen-bond donors (Lipinski definition) is 1. The third kappa shape index (κ3) is 6.18. The molecule has 0 aliphatic carbocycles. The zero-order valence-corrected chi connectivity index (χ0v) is 20.8. The van der Waals surface area contributed by atoms with Gasteiger partial charge in [-0.05, 0) is 36.4 Å². The zero-order chi connectivity index (χ0) is 23.8. The minimum Gasteiger partial charge on any atom is -0.302 e. The van der Waals surface area contributed by atoms with Crippen LogP contribution in [0.1, 0.15) is 78.5 Å². The predicted octanol–water partition coefficient (Wildman–Crippen LogP) is 6.62. The molecule has 0 radical (unpaired) electrons. The van der Waals surface area contributed by atoms with Crippen molar-refractivity contribution >= 4 is 45.5 Å². The van der Waals surface area contributed by atoms with Crippen LogP contribution in [-0.2, 0) is 4.79 Å². The van der Waals surface area contributed by atoms with Crippen LogP contribution in [0.4, 0.5) is 5.13 Å². The topological polar surface area (TPSA) is 79.4 Å². The fourth-order valence-electron chi connectivity index (χ4n) is 4.11. The van der Waals surface area contributed by atoms with Crippen molar-refractivity contribution in [1.29, 1.82) is 0 Å². The monoisotopic (exact) mass is 495 g/mol. The average molecular weight is 496 g/mol. The second-order valence-corrected chi connectivity index (χ2v) is 10.3. The van der Waals surface area contributed by atoms with Crippen molar-refractivity contribution in [1.82, 2.24) is 9.88 Å². The van der Waals surface area contributed by atoms with Gasteiger partial charge in [0.2, 0.25) is 5.91 Å². The van der Waals surface area contributed by atoms with Gasteiger partial charge in [-0.1, -0.05) is 56.7 Å². The maximum Gasteiger partial charge on any atom is 0.261 e. The number of nitrogens with one attached hydrogen (secondary N) is 1. The van der Waals surface area contributed by atoms with Crippen molar-refractivity contribution in [2.24, 2.45) is 0 Å². The van der Waals surface area contributed by atoms with E-state index in [1.807, 2.05) is 22.9 Å². The van der Waals surface area contributed by atoms with Crippen LogP contribution in [0.5, 0.6) is 0 Å². The molecule has 3 aromatic rings. The number of hydrogen-bond acceptors (Lipinski definition) is 6. The molecule has 0 unspecified atom stereocenters. The normalized spacial score (nSPS) is 12.9. The lowest BCUT2D eigenvalue weighted by atomic mass is 10.1. The first-order valence-corrected chi connectivity index (χ1v) is 13.6. The quantitative estimate of drug-likeness (QED) is 0.214. The lowest BCUT2D eigenvalue weighted by Crippen LogP contribution is -2.30. The van der Waals surface area contributed by atoms with E-state index >= 15 is 0 Å². The predicted molar refractivity (Wildman–Crippen MR) is 137 cm³/mol. The molecule has 1 aliphatic rings. The van der Waals surface area contributed by atoms with Crippen molar-refractivity contribution in [3.8, 4) is 10.6 Å². The van der Waals surface area contributed by atoms with Crippen molar-refractivity contribution in [3.63, 3.8) is 0 Å². The van der Waals surface area contributed by atoms with Crippen LogP contribution in [0, 0.1) is 0 Å². The van der Waals surface area contributed by atoms with Gasteiger partial charge >= 0.3 is 0 Å². The number of aromatic nitrogens is 1. The Morgan fingerprint density at radius 2 is 1.47 bits per heavy atom. The van der Waals surface area contributed by atoms with Crippen molar-refractivity contribution < 1.29 is 14.4 Å². The summed E-state index contributed by atoms with van der Waals surface area (Å²) in [7, 11) is 0. The zero-order valence-electron chi connectivity index (χ0n) is 19.1. The van der Waals surface area contributed by atoms with Gasteiger partial charge in [-0.3, -0.25) is 19.3 Å². The summed E-state index contributed by atoms with van der Waals surface area (Å²) in [6.45, 7) is 0.495. The molecule has 0 fully saturated rings. The molecule has 0 bridgehead atoms. The molecular formula is C26H29N3O3S2. The van der Waals surface area contributed by atoms with Crippen LogP contribution in [0.25, 0.3) is 10.6 Å². The molecule has 0 spiro atoms. The Morgan fingerprint density at radius 1 is 0.824 bits per heavy atom. The second kappa shape index (κ2) is 12.0. The number of benzene rings is 1. The number of unbranched alkanes of at least 4 members (excludes halogenated alkanes) is 7. The number of amides is 3. The molecule has 0 saturated heterocycles. The van der Waals surface area contributed by atoms with Gasteiger partial charge in [-0.15, -0.1) is 22.7 Å². The summed E-state index contributed by atoms with van der Waals surface area (Å²) >= 11 is 3.10. The summed E-state index contributed by atoms with van der Waals surface area (Å²) in [4.78, 5) is 43.8. The van der Waals surface area contributed by atoms with Crippen LogP contribution in [-0.4, -0.2) is 34.2 Å². The number of thiophene rings is 1. The van der Waals surface area contributed by atoms with Crippen LogP contribution < -0.4 is 5.32 Å². The highest BCUT2D eigenvalue weighted by molar-refractivity contribution is 7.16. The number of fused-ring (bicyclic) bond motifs is 1. The first-order chi connectivity index (χ1) is 16.6. The summed E-state index contributed by atoms with van der Waals surface area (Å²) in [5.41, 5.74) is 1.96. The third-order valence-corrected chi connectivity index (χ3v) is 7.59. The van der Waals surface area contributed by atoms with Crippen molar-refractivity contribution in [2.45, 2.75) is 57.8 Å². The standard InChI is InChI=1S/C26H29N3O3S2/c30-23(28-26-27-21(18-34-26)22-14-11-17-33-22)15-7-5-3-1-2-4-6-10-16-29-24(31)19-12-8-9-13-20(19)25(29)32/h8-9,11-14,17-18H,1-7,10,15-16H2,(H,27,28,30). The van der Waals surface area contributed by atoms with Gasteiger partial charge in [-0.25, -0.2) is 4.98 Å². The van der Waals surface area contributed by atoms with Gasteiger partial charge in [0.05, 0.1) is 21.7 Å². The first kappa shape index (κ1) is 24.3. The SMILES string of the molecule is O=C(CCCCCCCCCCN1C(=O)c2ccccc2C1=O)Nc1nc(-c2cccs2)cs1. The fourth-order valence-corrected chi connectivity index (χ4v) is 5.60. The largest absolute Gasteiger partial charge is 0.302 e. The van der Waals surface area contributed by atoms with E-state index < -0.39 is 0 Å². The van der Waals surface area contributed by atoms with E-state index in [-0.39, 0.29) is 17.7 Å². The highest BCUT2D eigenvalue weighted by atomic mass is 32.1. The van der Waals surface area contributed by atoms with Gasteiger partial charge in [-0.2, -0.15) is 0 Å². The molecule has 0 atom stereocenters. The Kier molecular flexibility index (Phi) is 8.60. The molecule has 3 heterocycles. The molecule has 4 rings (SSSR count). The summed E-state index contributed by atoms with van der Waals surface area (Å²) < 4.78 is 0. The molecule has 8 heteroatoms. The van der Waals surface area contributed by atoms with Gasteiger partial charge in [0.1, 0.15) is 0 Å². The summed E-state index contributed by atoms with van der Waals surface area (Å²) in [5.74, 6) is -0.301. The molecule has 34 heavy (non-hydrogen) atoms. The highest BCUT2D eigenvalue weighted by Crippen LogP contribution is 2.28.